The highest BCUT2D eigenvalue weighted by Crippen LogP contribution is 2.23. The van der Waals surface area contributed by atoms with E-state index < -0.39 is 10.0 Å². The van der Waals surface area contributed by atoms with Crippen molar-refractivity contribution >= 4 is 15.9 Å². The maximum Gasteiger partial charge on any atom is 0.251 e. The Morgan fingerprint density at radius 1 is 1.11 bits per heavy atom. The highest BCUT2D eigenvalue weighted by Gasteiger charge is 2.28. The molecule has 0 bridgehead atoms. The first-order valence-corrected chi connectivity index (χ1v) is 10.8. The molecule has 0 aliphatic carbocycles. The van der Waals surface area contributed by atoms with E-state index in [1.165, 1.54) is 10.4 Å². The molecule has 144 valence electrons. The summed E-state index contributed by atoms with van der Waals surface area (Å²) in [6.45, 7) is 5.46. The number of benzene rings is 2. The molecule has 3 rings (SSSR count). The van der Waals surface area contributed by atoms with Crippen LogP contribution in [0.1, 0.15) is 47.2 Å². The Kier molecular flexibility index (Phi) is 5.97. The highest BCUT2D eigenvalue weighted by atomic mass is 32.2. The summed E-state index contributed by atoms with van der Waals surface area (Å²) in [5.41, 5.74) is 2.33. The van der Waals surface area contributed by atoms with Crippen molar-refractivity contribution in [1.82, 2.24) is 9.62 Å². The molecule has 0 spiro atoms. The standard InChI is InChI=1S/C21H26N2O3S/c1-16-10-11-19(27(25,26)23-12-6-7-13-23)14-20(16)21(24)22-15-17(2)18-8-4-3-5-9-18/h3-5,8-11,14,17H,6-7,12-13,15H2,1-2H3,(H,22,24). The van der Waals surface area contributed by atoms with E-state index in [1.807, 2.05) is 37.3 Å². The predicted octanol–water partition coefficient (Wildman–Crippen LogP) is 3.31. The Hall–Kier alpha value is -2.18. The number of amides is 1. The van der Waals surface area contributed by atoms with Crippen molar-refractivity contribution in [3.8, 4) is 0 Å². The molecule has 27 heavy (non-hydrogen) atoms. The molecule has 2 aromatic carbocycles. The van der Waals surface area contributed by atoms with Gasteiger partial charge in [-0.1, -0.05) is 43.3 Å². The molecular formula is C21H26N2O3S. The van der Waals surface area contributed by atoms with Gasteiger partial charge in [0.25, 0.3) is 5.91 Å². The first-order chi connectivity index (χ1) is 12.9. The first-order valence-electron chi connectivity index (χ1n) is 9.33. The minimum absolute atomic E-state index is 0.173. The lowest BCUT2D eigenvalue weighted by molar-refractivity contribution is 0.0951. The first kappa shape index (κ1) is 19.6. The minimum Gasteiger partial charge on any atom is -0.351 e. The molecule has 2 aromatic rings. The number of nitrogens with one attached hydrogen (secondary N) is 1. The number of carbonyl (C=O) groups excluding carboxylic acids is 1. The lowest BCUT2D eigenvalue weighted by atomic mass is 10.0. The fourth-order valence-corrected chi connectivity index (χ4v) is 4.87. The zero-order valence-corrected chi connectivity index (χ0v) is 16.6. The maximum absolute atomic E-state index is 12.8. The van der Waals surface area contributed by atoms with Crippen molar-refractivity contribution in [2.24, 2.45) is 0 Å². The molecule has 0 aromatic heterocycles. The lowest BCUT2D eigenvalue weighted by Gasteiger charge is -2.17. The minimum atomic E-state index is -3.53. The van der Waals surface area contributed by atoms with E-state index >= 15 is 0 Å². The molecular weight excluding hydrogens is 360 g/mol. The van der Waals surface area contributed by atoms with E-state index in [1.54, 1.807) is 12.1 Å². The van der Waals surface area contributed by atoms with Gasteiger partial charge in [-0.15, -0.1) is 0 Å². The second-order valence-electron chi connectivity index (χ2n) is 7.11. The highest BCUT2D eigenvalue weighted by molar-refractivity contribution is 7.89. The molecule has 1 saturated heterocycles. The third-order valence-corrected chi connectivity index (χ3v) is 6.99. The molecule has 5 nitrogen and oxygen atoms in total. The maximum atomic E-state index is 12.8. The van der Waals surface area contributed by atoms with Crippen molar-refractivity contribution in [2.75, 3.05) is 19.6 Å². The monoisotopic (exact) mass is 386 g/mol. The van der Waals surface area contributed by atoms with Gasteiger partial charge in [-0.25, -0.2) is 8.42 Å². The predicted molar refractivity (Wildman–Crippen MR) is 106 cm³/mol. The van der Waals surface area contributed by atoms with E-state index in [0.29, 0.717) is 25.2 Å². The Morgan fingerprint density at radius 2 is 1.78 bits per heavy atom. The van der Waals surface area contributed by atoms with E-state index in [2.05, 4.69) is 12.2 Å². The number of nitrogens with zero attached hydrogens (tertiary/aromatic N) is 1. The van der Waals surface area contributed by atoms with Gasteiger partial charge in [-0.3, -0.25) is 4.79 Å². The van der Waals surface area contributed by atoms with Crippen LogP contribution < -0.4 is 5.32 Å². The summed E-state index contributed by atoms with van der Waals surface area (Å²) in [6, 6.07) is 14.8. The summed E-state index contributed by atoms with van der Waals surface area (Å²) in [5, 5.41) is 2.94. The van der Waals surface area contributed by atoms with Gasteiger partial charge in [0.05, 0.1) is 4.90 Å². The van der Waals surface area contributed by atoms with Crippen molar-refractivity contribution in [3.63, 3.8) is 0 Å². The average molecular weight is 387 g/mol. The van der Waals surface area contributed by atoms with Gasteiger partial charge < -0.3 is 5.32 Å². The van der Waals surface area contributed by atoms with Crippen LogP contribution in [0, 0.1) is 6.92 Å². The molecule has 1 fully saturated rings. The number of carbonyl (C=O) groups is 1. The van der Waals surface area contributed by atoms with Crippen molar-refractivity contribution in [1.29, 1.82) is 0 Å². The second kappa shape index (κ2) is 8.23. The third-order valence-electron chi connectivity index (χ3n) is 5.09. The Bertz CT molecular complexity index is 904. The van der Waals surface area contributed by atoms with Crippen LogP contribution >= 0.6 is 0 Å². The van der Waals surface area contributed by atoms with Crippen LogP contribution in [0.25, 0.3) is 0 Å². The zero-order valence-electron chi connectivity index (χ0n) is 15.8. The second-order valence-corrected chi connectivity index (χ2v) is 9.05. The van der Waals surface area contributed by atoms with Gasteiger partial charge in [-0.05, 0) is 48.9 Å². The molecule has 1 aliphatic heterocycles. The van der Waals surface area contributed by atoms with Crippen LogP contribution in [0.4, 0.5) is 0 Å². The van der Waals surface area contributed by atoms with Crippen LogP contribution in [0.3, 0.4) is 0 Å². The van der Waals surface area contributed by atoms with Gasteiger partial charge in [0.15, 0.2) is 0 Å². The smallest absolute Gasteiger partial charge is 0.251 e. The van der Waals surface area contributed by atoms with Crippen molar-refractivity contribution in [3.05, 3.63) is 65.2 Å². The molecule has 1 atom stereocenters. The van der Waals surface area contributed by atoms with Crippen LogP contribution in [0.2, 0.25) is 0 Å². The van der Waals surface area contributed by atoms with Gasteiger partial charge in [-0.2, -0.15) is 4.31 Å². The quantitative estimate of drug-likeness (QED) is 0.828. The van der Waals surface area contributed by atoms with E-state index in [0.717, 1.165) is 24.0 Å². The Labute approximate surface area is 161 Å². The number of sulfonamides is 1. The third kappa shape index (κ3) is 4.39. The molecule has 1 heterocycles. The molecule has 0 radical (unpaired) electrons. The number of rotatable bonds is 6. The summed E-state index contributed by atoms with van der Waals surface area (Å²) in [6.07, 6.45) is 1.77. The summed E-state index contributed by atoms with van der Waals surface area (Å²) in [7, 11) is -3.53. The summed E-state index contributed by atoms with van der Waals surface area (Å²) in [4.78, 5) is 12.9. The zero-order chi connectivity index (χ0) is 19.4. The van der Waals surface area contributed by atoms with Gasteiger partial charge in [0.2, 0.25) is 10.0 Å². The van der Waals surface area contributed by atoms with Crippen molar-refractivity contribution in [2.45, 2.75) is 37.5 Å². The van der Waals surface area contributed by atoms with Gasteiger partial charge in [0.1, 0.15) is 0 Å². The Morgan fingerprint density at radius 3 is 2.44 bits per heavy atom. The summed E-state index contributed by atoms with van der Waals surface area (Å²) >= 11 is 0. The van der Waals surface area contributed by atoms with Gasteiger partial charge in [0, 0.05) is 25.2 Å². The lowest BCUT2D eigenvalue weighted by Crippen LogP contribution is -2.30. The molecule has 1 amide bonds. The normalized spacial score (nSPS) is 16.2. The SMILES string of the molecule is Cc1ccc(S(=O)(=O)N2CCCC2)cc1C(=O)NCC(C)c1ccccc1. The molecule has 6 heteroatoms. The van der Waals surface area contributed by atoms with Crippen LogP contribution in [-0.4, -0.2) is 38.3 Å². The topological polar surface area (TPSA) is 66.5 Å². The number of aryl methyl sites for hydroxylation is 1. The van der Waals surface area contributed by atoms with E-state index in [4.69, 9.17) is 0 Å². The van der Waals surface area contributed by atoms with E-state index in [9.17, 15) is 13.2 Å². The molecule has 1 aliphatic rings. The number of hydrogen-bond donors (Lipinski definition) is 1. The largest absolute Gasteiger partial charge is 0.351 e. The fourth-order valence-electron chi connectivity index (χ4n) is 3.32. The van der Waals surface area contributed by atoms with Crippen LogP contribution in [0.15, 0.2) is 53.4 Å². The van der Waals surface area contributed by atoms with E-state index in [-0.39, 0.29) is 16.7 Å². The summed E-state index contributed by atoms with van der Waals surface area (Å²) < 4.78 is 27.0. The number of hydrogen-bond acceptors (Lipinski definition) is 3. The van der Waals surface area contributed by atoms with Crippen LogP contribution in [-0.2, 0) is 10.0 Å². The van der Waals surface area contributed by atoms with Crippen LogP contribution in [0.5, 0.6) is 0 Å². The van der Waals surface area contributed by atoms with Gasteiger partial charge >= 0.3 is 0 Å². The molecule has 0 saturated carbocycles. The fraction of sp³-hybridized carbons (Fsp3) is 0.381. The summed E-state index contributed by atoms with van der Waals surface area (Å²) in [5.74, 6) is -0.0688. The average Bonchev–Trinajstić information content (AvgIpc) is 3.22. The molecule has 1 unspecified atom stereocenters. The molecule has 1 N–H and O–H groups in total. The van der Waals surface area contributed by atoms with Crippen molar-refractivity contribution < 1.29 is 13.2 Å². The Balaban J connectivity index is 1.75.